The number of hydrogen-bond donors (Lipinski definition) is 0. The summed E-state index contributed by atoms with van der Waals surface area (Å²) in [7, 11) is 0. The quantitative estimate of drug-likeness (QED) is 0.728. The number of nitrogens with zero attached hydrogens (tertiary/aromatic N) is 2. The summed E-state index contributed by atoms with van der Waals surface area (Å²) in [5.74, 6) is 1.21. The highest BCUT2D eigenvalue weighted by atomic mass is 16.5. The van der Waals surface area contributed by atoms with Gasteiger partial charge in [-0.05, 0) is 32.0 Å². The number of carbonyl (C=O) groups is 1. The molecule has 0 aliphatic rings. The van der Waals surface area contributed by atoms with E-state index in [1.807, 2.05) is 11.5 Å². The molecule has 0 aliphatic heterocycles. The molecule has 20 heavy (non-hydrogen) atoms. The largest absolute Gasteiger partial charge is 0.490 e. The molecule has 0 bridgehead atoms. The van der Waals surface area contributed by atoms with Gasteiger partial charge in [-0.1, -0.05) is 0 Å². The van der Waals surface area contributed by atoms with Gasteiger partial charge in [0.1, 0.15) is 12.9 Å². The Bertz CT molecular complexity index is 578. The topological polar surface area (TPSA) is 53.4 Å². The minimum atomic E-state index is 0.411. The summed E-state index contributed by atoms with van der Waals surface area (Å²) >= 11 is 0. The first-order chi connectivity index (χ1) is 9.78. The fraction of sp³-hybridized carbons (Fsp3) is 0.333. The number of hydrogen-bond acceptors (Lipinski definition) is 4. The third-order valence-electron chi connectivity index (χ3n) is 2.92. The number of imidazole rings is 1. The summed E-state index contributed by atoms with van der Waals surface area (Å²) in [6.45, 7) is 5.72. The summed E-state index contributed by atoms with van der Waals surface area (Å²) in [4.78, 5) is 14.9. The summed E-state index contributed by atoms with van der Waals surface area (Å²) in [6, 6.07) is 5.15. The molecular weight excluding hydrogens is 256 g/mol. The van der Waals surface area contributed by atoms with Gasteiger partial charge in [-0.25, -0.2) is 4.98 Å². The number of carbonyl (C=O) groups excluding carboxylic acids is 1. The van der Waals surface area contributed by atoms with Crippen molar-refractivity contribution in [2.45, 2.75) is 27.0 Å². The molecule has 5 nitrogen and oxygen atoms in total. The molecule has 0 spiro atoms. The Balaban J connectivity index is 2.14. The molecule has 1 aromatic carbocycles. The Morgan fingerprint density at radius 3 is 2.80 bits per heavy atom. The van der Waals surface area contributed by atoms with Crippen LogP contribution in [0.4, 0.5) is 0 Å². The molecule has 5 heteroatoms. The molecule has 1 aromatic heterocycles. The lowest BCUT2D eigenvalue weighted by molar-refractivity contribution is 0.112. The molecular formula is C15H18N2O3. The van der Waals surface area contributed by atoms with E-state index in [-0.39, 0.29) is 0 Å². The van der Waals surface area contributed by atoms with E-state index in [1.54, 1.807) is 30.7 Å². The molecule has 0 fully saturated rings. The van der Waals surface area contributed by atoms with Crippen LogP contribution in [0, 0.1) is 0 Å². The summed E-state index contributed by atoms with van der Waals surface area (Å²) in [5, 5.41) is 0. The summed E-state index contributed by atoms with van der Waals surface area (Å²) in [5.41, 5.74) is 1.56. The Hall–Kier alpha value is -2.30. The van der Waals surface area contributed by atoms with E-state index >= 15 is 0 Å². The van der Waals surface area contributed by atoms with Crippen LogP contribution in [0.2, 0.25) is 0 Å². The SMILES string of the molecule is CCOc1cc(C=O)ccc1OCc1cncn1CC. The molecule has 0 N–H and O–H groups in total. The van der Waals surface area contributed by atoms with Crippen LogP contribution < -0.4 is 9.47 Å². The smallest absolute Gasteiger partial charge is 0.161 e. The summed E-state index contributed by atoms with van der Waals surface area (Å²) < 4.78 is 13.3. The van der Waals surface area contributed by atoms with Gasteiger partial charge in [0.15, 0.2) is 11.5 Å². The Morgan fingerprint density at radius 1 is 1.25 bits per heavy atom. The zero-order chi connectivity index (χ0) is 14.4. The predicted octanol–water partition coefficient (Wildman–Crippen LogP) is 2.69. The van der Waals surface area contributed by atoms with E-state index in [0.29, 0.717) is 30.3 Å². The lowest BCUT2D eigenvalue weighted by Crippen LogP contribution is -2.05. The molecule has 106 valence electrons. The number of benzene rings is 1. The second kappa shape index (κ2) is 6.75. The van der Waals surface area contributed by atoms with Crippen LogP contribution in [0.1, 0.15) is 29.9 Å². The van der Waals surface area contributed by atoms with Gasteiger partial charge < -0.3 is 14.0 Å². The number of rotatable bonds is 7. The first-order valence-electron chi connectivity index (χ1n) is 6.62. The van der Waals surface area contributed by atoms with Crippen LogP contribution in [0.15, 0.2) is 30.7 Å². The molecule has 0 atom stereocenters. The second-order valence-electron chi connectivity index (χ2n) is 4.22. The monoisotopic (exact) mass is 274 g/mol. The van der Waals surface area contributed by atoms with E-state index in [4.69, 9.17) is 9.47 Å². The first kappa shape index (κ1) is 14.1. The van der Waals surface area contributed by atoms with Gasteiger partial charge >= 0.3 is 0 Å². The van der Waals surface area contributed by atoms with Crippen molar-refractivity contribution in [3.63, 3.8) is 0 Å². The van der Waals surface area contributed by atoms with Crippen molar-refractivity contribution < 1.29 is 14.3 Å². The Morgan fingerprint density at radius 2 is 2.10 bits per heavy atom. The number of aldehydes is 1. The standard InChI is InChI=1S/C15H18N2O3/c1-3-17-11-16-8-13(17)10-20-14-6-5-12(9-18)7-15(14)19-4-2/h5-9,11H,3-4,10H2,1-2H3. The van der Waals surface area contributed by atoms with Crippen molar-refractivity contribution in [2.75, 3.05) is 6.61 Å². The van der Waals surface area contributed by atoms with E-state index in [0.717, 1.165) is 18.5 Å². The minimum Gasteiger partial charge on any atom is -0.490 e. The van der Waals surface area contributed by atoms with Crippen LogP contribution in [0.5, 0.6) is 11.5 Å². The average Bonchev–Trinajstić information content (AvgIpc) is 2.93. The highest BCUT2D eigenvalue weighted by Crippen LogP contribution is 2.28. The third-order valence-corrected chi connectivity index (χ3v) is 2.92. The first-order valence-corrected chi connectivity index (χ1v) is 6.62. The van der Waals surface area contributed by atoms with Gasteiger partial charge in [-0.2, -0.15) is 0 Å². The lowest BCUT2D eigenvalue weighted by atomic mass is 10.2. The van der Waals surface area contributed by atoms with Crippen LogP contribution in [0.3, 0.4) is 0 Å². The highest BCUT2D eigenvalue weighted by Gasteiger charge is 2.08. The fourth-order valence-corrected chi connectivity index (χ4v) is 1.89. The number of aromatic nitrogens is 2. The van der Waals surface area contributed by atoms with Gasteiger partial charge in [0.2, 0.25) is 0 Å². The maximum absolute atomic E-state index is 10.8. The van der Waals surface area contributed by atoms with Crippen molar-refractivity contribution in [1.29, 1.82) is 0 Å². The molecule has 2 rings (SSSR count). The number of ether oxygens (including phenoxy) is 2. The van der Waals surface area contributed by atoms with Crippen LogP contribution >= 0.6 is 0 Å². The van der Waals surface area contributed by atoms with Gasteiger partial charge in [0.05, 0.1) is 24.8 Å². The zero-order valence-corrected chi connectivity index (χ0v) is 11.7. The van der Waals surface area contributed by atoms with Gasteiger partial charge in [-0.15, -0.1) is 0 Å². The van der Waals surface area contributed by atoms with Crippen LogP contribution in [-0.2, 0) is 13.2 Å². The fourth-order valence-electron chi connectivity index (χ4n) is 1.89. The summed E-state index contributed by atoms with van der Waals surface area (Å²) in [6.07, 6.45) is 4.35. The van der Waals surface area contributed by atoms with Crippen molar-refractivity contribution in [2.24, 2.45) is 0 Å². The molecule has 2 aromatic rings. The number of aryl methyl sites for hydroxylation is 1. The Labute approximate surface area is 118 Å². The van der Waals surface area contributed by atoms with E-state index in [1.165, 1.54) is 0 Å². The molecule has 0 saturated heterocycles. The van der Waals surface area contributed by atoms with Crippen molar-refractivity contribution in [3.05, 3.63) is 42.0 Å². The maximum atomic E-state index is 10.8. The van der Waals surface area contributed by atoms with Gasteiger partial charge in [0, 0.05) is 12.1 Å². The molecule has 0 saturated carbocycles. The second-order valence-corrected chi connectivity index (χ2v) is 4.22. The average molecular weight is 274 g/mol. The van der Waals surface area contributed by atoms with Crippen molar-refractivity contribution in [3.8, 4) is 11.5 Å². The van der Waals surface area contributed by atoms with Crippen molar-refractivity contribution in [1.82, 2.24) is 9.55 Å². The van der Waals surface area contributed by atoms with Gasteiger partial charge in [0.25, 0.3) is 0 Å². The molecule has 1 heterocycles. The Kier molecular flexibility index (Phi) is 4.76. The molecule has 0 radical (unpaired) electrons. The zero-order valence-electron chi connectivity index (χ0n) is 11.7. The maximum Gasteiger partial charge on any atom is 0.161 e. The van der Waals surface area contributed by atoms with Gasteiger partial charge in [-0.3, -0.25) is 4.79 Å². The van der Waals surface area contributed by atoms with Crippen LogP contribution in [0.25, 0.3) is 0 Å². The third kappa shape index (κ3) is 3.17. The van der Waals surface area contributed by atoms with Crippen LogP contribution in [-0.4, -0.2) is 22.4 Å². The highest BCUT2D eigenvalue weighted by molar-refractivity contribution is 5.76. The van der Waals surface area contributed by atoms with E-state index < -0.39 is 0 Å². The molecule has 0 aliphatic carbocycles. The minimum absolute atomic E-state index is 0.411. The van der Waals surface area contributed by atoms with E-state index in [9.17, 15) is 4.79 Å². The lowest BCUT2D eigenvalue weighted by Gasteiger charge is -2.13. The molecule has 0 amide bonds. The molecule has 0 unspecified atom stereocenters. The van der Waals surface area contributed by atoms with Crippen molar-refractivity contribution >= 4 is 6.29 Å². The predicted molar refractivity (Wildman–Crippen MR) is 75.2 cm³/mol. The van der Waals surface area contributed by atoms with E-state index in [2.05, 4.69) is 11.9 Å². The normalized spacial score (nSPS) is 10.3.